The number of amides is 1. The monoisotopic (exact) mass is 239 g/mol. The summed E-state index contributed by atoms with van der Waals surface area (Å²) in [4.78, 5) is 13.3. The van der Waals surface area contributed by atoms with E-state index in [1.807, 2.05) is 13.8 Å². The number of halogens is 1. The zero-order chi connectivity index (χ0) is 12.8. The molecule has 0 fully saturated rings. The molecule has 0 bridgehead atoms. The van der Waals surface area contributed by atoms with Gasteiger partial charge < -0.3 is 9.64 Å². The highest BCUT2D eigenvalue weighted by molar-refractivity contribution is 5.68. The molecule has 0 aliphatic rings. The summed E-state index contributed by atoms with van der Waals surface area (Å²) in [6.45, 7) is 6.46. The Morgan fingerprint density at radius 2 is 1.94 bits per heavy atom. The minimum absolute atomic E-state index is 0.125. The van der Waals surface area contributed by atoms with Gasteiger partial charge in [0.1, 0.15) is 5.82 Å². The van der Waals surface area contributed by atoms with Crippen LogP contribution in [0.4, 0.5) is 9.18 Å². The zero-order valence-electron chi connectivity index (χ0n) is 10.4. The molecule has 0 aliphatic heterocycles. The predicted octanol–water partition coefficient (Wildman–Crippen LogP) is 3.37. The molecule has 0 heterocycles. The minimum atomic E-state index is -0.341. The molecule has 0 saturated carbocycles. The van der Waals surface area contributed by atoms with Crippen molar-refractivity contribution in [3.05, 3.63) is 35.6 Å². The van der Waals surface area contributed by atoms with Crippen molar-refractivity contribution >= 4 is 6.09 Å². The highest BCUT2D eigenvalue weighted by Gasteiger charge is 2.20. The Morgan fingerprint density at radius 3 is 2.41 bits per heavy atom. The summed E-state index contributed by atoms with van der Waals surface area (Å²) in [5, 5.41) is 0. The molecule has 0 aliphatic carbocycles. The first-order valence-electron chi connectivity index (χ1n) is 5.79. The quantitative estimate of drug-likeness (QED) is 0.806. The van der Waals surface area contributed by atoms with Crippen molar-refractivity contribution in [2.24, 2.45) is 0 Å². The Labute approximate surface area is 101 Å². The van der Waals surface area contributed by atoms with E-state index in [0.29, 0.717) is 13.2 Å². The van der Waals surface area contributed by atoms with Crippen LogP contribution in [0.3, 0.4) is 0 Å². The van der Waals surface area contributed by atoms with E-state index in [1.54, 1.807) is 24.0 Å². The average Bonchev–Trinajstić information content (AvgIpc) is 2.31. The van der Waals surface area contributed by atoms with Gasteiger partial charge in [0, 0.05) is 6.54 Å². The van der Waals surface area contributed by atoms with Crippen LogP contribution in [0.2, 0.25) is 0 Å². The van der Waals surface area contributed by atoms with Gasteiger partial charge in [0.25, 0.3) is 0 Å². The van der Waals surface area contributed by atoms with Crippen molar-refractivity contribution in [3.8, 4) is 0 Å². The van der Waals surface area contributed by atoms with Crippen LogP contribution in [0.5, 0.6) is 0 Å². The highest BCUT2D eigenvalue weighted by atomic mass is 19.1. The molecule has 1 aromatic rings. The van der Waals surface area contributed by atoms with Crippen molar-refractivity contribution in [3.63, 3.8) is 0 Å². The fourth-order valence-corrected chi connectivity index (χ4v) is 1.69. The Bertz CT molecular complexity index is 364. The Hall–Kier alpha value is -1.58. The summed E-state index contributed by atoms with van der Waals surface area (Å²) in [6, 6.07) is 6.03. The Morgan fingerprint density at radius 1 is 1.35 bits per heavy atom. The summed E-state index contributed by atoms with van der Waals surface area (Å²) in [7, 11) is 0. The zero-order valence-corrected chi connectivity index (χ0v) is 10.4. The topological polar surface area (TPSA) is 29.5 Å². The highest BCUT2D eigenvalue weighted by Crippen LogP contribution is 2.20. The molecule has 1 aromatic carbocycles. The first kappa shape index (κ1) is 13.5. The molecule has 1 amide bonds. The van der Waals surface area contributed by atoms with Gasteiger partial charge in [-0.1, -0.05) is 12.1 Å². The van der Waals surface area contributed by atoms with Gasteiger partial charge in [0.15, 0.2) is 0 Å². The minimum Gasteiger partial charge on any atom is -0.450 e. The van der Waals surface area contributed by atoms with E-state index < -0.39 is 0 Å². The van der Waals surface area contributed by atoms with Crippen LogP contribution >= 0.6 is 0 Å². The van der Waals surface area contributed by atoms with E-state index in [-0.39, 0.29) is 18.0 Å². The molecule has 0 saturated heterocycles. The van der Waals surface area contributed by atoms with Gasteiger partial charge in [0.05, 0.1) is 12.6 Å². The predicted molar refractivity (Wildman–Crippen MR) is 64.2 cm³/mol. The van der Waals surface area contributed by atoms with Gasteiger partial charge >= 0.3 is 6.09 Å². The molecule has 94 valence electrons. The second-order valence-electron chi connectivity index (χ2n) is 3.71. The van der Waals surface area contributed by atoms with Crippen molar-refractivity contribution in [1.29, 1.82) is 0 Å². The van der Waals surface area contributed by atoms with Gasteiger partial charge in [-0.2, -0.15) is 0 Å². The van der Waals surface area contributed by atoms with Crippen LogP contribution in [0.15, 0.2) is 24.3 Å². The summed E-state index contributed by atoms with van der Waals surface area (Å²) in [6.07, 6.45) is -0.341. The van der Waals surface area contributed by atoms with Crippen molar-refractivity contribution in [2.45, 2.75) is 26.8 Å². The van der Waals surface area contributed by atoms with Gasteiger partial charge in [-0.3, -0.25) is 0 Å². The molecule has 0 N–H and O–H groups in total. The molecule has 0 aromatic heterocycles. The van der Waals surface area contributed by atoms with Gasteiger partial charge in [-0.25, -0.2) is 9.18 Å². The molecule has 0 radical (unpaired) electrons. The van der Waals surface area contributed by atoms with Crippen LogP contribution in [-0.2, 0) is 4.74 Å². The fourth-order valence-electron chi connectivity index (χ4n) is 1.69. The van der Waals surface area contributed by atoms with E-state index >= 15 is 0 Å². The van der Waals surface area contributed by atoms with E-state index in [9.17, 15) is 9.18 Å². The lowest BCUT2D eigenvalue weighted by Gasteiger charge is -2.27. The third kappa shape index (κ3) is 3.44. The molecule has 1 atom stereocenters. The van der Waals surface area contributed by atoms with Gasteiger partial charge in [-0.15, -0.1) is 0 Å². The standard InChI is InChI=1S/C13H18FNO2/c1-4-15(13(16)17-5-2)10(3)11-6-8-12(14)9-7-11/h6-10H,4-5H2,1-3H3. The first-order chi connectivity index (χ1) is 8.10. The second-order valence-corrected chi connectivity index (χ2v) is 3.71. The van der Waals surface area contributed by atoms with Crippen LogP contribution in [-0.4, -0.2) is 24.1 Å². The second kappa shape index (κ2) is 6.23. The molecule has 4 heteroatoms. The summed E-state index contributed by atoms with van der Waals surface area (Å²) in [5.41, 5.74) is 0.890. The van der Waals surface area contributed by atoms with E-state index in [2.05, 4.69) is 0 Å². The Kier molecular flexibility index (Phi) is 4.94. The number of carbonyl (C=O) groups is 1. The van der Waals surface area contributed by atoms with E-state index in [1.165, 1.54) is 12.1 Å². The fraction of sp³-hybridized carbons (Fsp3) is 0.462. The number of rotatable bonds is 4. The number of hydrogen-bond acceptors (Lipinski definition) is 2. The van der Waals surface area contributed by atoms with Crippen LogP contribution in [0.25, 0.3) is 0 Å². The maximum atomic E-state index is 12.8. The average molecular weight is 239 g/mol. The third-order valence-electron chi connectivity index (χ3n) is 2.66. The van der Waals surface area contributed by atoms with Gasteiger partial charge in [0.2, 0.25) is 0 Å². The summed E-state index contributed by atoms with van der Waals surface area (Å²) < 4.78 is 17.8. The summed E-state index contributed by atoms with van der Waals surface area (Å²) in [5.74, 6) is -0.278. The lowest BCUT2D eigenvalue weighted by atomic mass is 10.1. The maximum Gasteiger partial charge on any atom is 0.410 e. The SMILES string of the molecule is CCOC(=O)N(CC)C(C)c1ccc(F)cc1. The van der Waals surface area contributed by atoms with Crippen LogP contribution in [0.1, 0.15) is 32.4 Å². The smallest absolute Gasteiger partial charge is 0.410 e. The number of nitrogens with zero attached hydrogens (tertiary/aromatic N) is 1. The molecule has 17 heavy (non-hydrogen) atoms. The Balaban J connectivity index is 2.81. The largest absolute Gasteiger partial charge is 0.450 e. The number of hydrogen-bond donors (Lipinski definition) is 0. The maximum absolute atomic E-state index is 12.8. The number of benzene rings is 1. The van der Waals surface area contributed by atoms with Gasteiger partial charge in [-0.05, 0) is 38.5 Å². The van der Waals surface area contributed by atoms with Crippen LogP contribution < -0.4 is 0 Å². The van der Waals surface area contributed by atoms with Crippen molar-refractivity contribution in [2.75, 3.05) is 13.2 Å². The normalized spacial score (nSPS) is 12.0. The van der Waals surface area contributed by atoms with Crippen LogP contribution in [0, 0.1) is 5.82 Å². The lowest BCUT2D eigenvalue weighted by molar-refractivity contribution is 0.0954. The van der Waals surface area contributed by atoms with E-state index in [4.69, 9.17) is 4.74 Å². The molecule has 3 nitrogen and oxygen atoms in total. The molecule has 1 rings (SSSR count). The molecule has 1 unspecified atom stereocenters. The lowest BCUT2D eigenvalue weighted by Crippen LogP contribution is -2.33. The number of ether oxygens (including phenoxy) is 1. The molecular weight excluding hydrogens is 221 g/mol. The summed E-state index contributed by atoms with van der Waals surface area (Å²) >= 11 is 0. The molecule has 0 spiro atoms. The van der Waals surface area contributed by atoms with Crippen molar-refractivity contribution < 1.29 is 13.9 Å². The molecular formula is C13H18FNO2. The van der Waals surface area contributed by atoms with Crippen molar-refractivity contribution in [1.82, 2.24) is 4.90 Å². The first-order valence-corrected chi connectivity index (χ1v) is 5.79. The van der Waals surface area contributed by atoms with E-state index in [0.717, 1.165) is 5.56 Å². The number of carbonyl (C=O) groups excluding carboxylic acids is 1. The third-order valence-corrected chi connectivity index (χ3v) is 2.66.